The predicted octanol–water partition coefficient (Wildman–Crippen LogP) is 3.52. The third-order valence-corrected chi connectivity index (χ3v) is 3.83. The number of amides is 1. The highest BCUT2D eigenvalue weighted by Gasteiger charge is 2.12. The van der Waals surface area contributed by atoms with E-state index in [-0.39, 0.29) is 12.3 Å². The second-order valence-electron chi connectivity index (χ2n) is 5.84. The van der Waals surface area contributed by atoms with Crippen molar-refractivity contribution in [2.45, 2.75) is 39.3 Å². The molecule has 1 amide bonds. The first-order valence-corrected chi connectivity index (χ1v) is 8.32. The molecule has 0 heterocycles. The highest BCUT2D eigenvalue weighted by atomic mass is 16.5. The van der Waals surface area contributed by atoms with Crippen LogP contribution in [0, 0.1) is 6.92 Å². The van der Waals surface area contributed by atoms with Crippen LogP contribution in [-0.4, -0.2) is 17.6 Å². The van der Waals surface area contributed by atoms with Gasteiger partial charge < -0.3 is 15.2 Å². The quantitative estimate of drug-likeness (QED) is 0.780. The van der Waals surface area contributed by atoms with E-state index in [4.69, 9.17) is 4.74 Å². The van der Waals surface area contributed by atoms with Crippen LogP contribution in [0.3, 0.4) is 0 Å². The van der Waals surface area contributed by atoms with E-state index in [2.05, 4.69) is 12.2 Å². The lowest BCUT2D eigenvalue weighted by Crippen LogP contribution is -2.25. The number of aliphatic hydroxyl groups excluding tert-OH is 1. The molecule has 0 fully saturated rings. The summed E-state index contributed by atoms with van der Waals surface area (Å²) in [6, 6.07) is 15.1. The molecule has 2 N–H and O–H groups in total. The molecule has 0 aliphatic rings. The zero-order valence-electron chi connectivity index (χ0n) is 14.3. The topological polar surface area (TPSA) is 58.6 Å². The summed E-state index contributed by atoms with van der Waals surface area (Å²) in [4.78, 5) is 12.0. The molecule has 0 aliphatic heterocycles. The Morgan fingerprint density at radius 2 is 1.96 bits per heavy atom. The van der Waals surface area contributed by atoms with Gasteiger partial charge in [0.2, 0.25) is 5.91 Å². The maximum absolute atomic E-state index is 12.0. The average Bonchev–Trinajstić information content (AvgIpc) is 2.59. The van der Waals surface area contributed by atoms with Gasteiger partial charge in [0.05, 0.1) is 19.1 Å². The predicted molar refractivity (Wildman–Crippen MR) is 94.8 cm³/mol. The fourth-order valence-corrected chi connectivity index (χ4v) is 2.41. The molecule has 128 valence electrons. The Morgan fingerprint density at radius 1 is 1.21 bits per heavy atom. The number of ether oxygens (including phenoxy) is 1. The van der Waals surface area contributed by atoms with Crippen molar-refractivity contribution < 1.29 is 14.6 Å². The molecular formula is C20H25NO3. The Hall–Kier alpha value is -2.33. The van der Waals surface area contributed by atoms with Gasteiger partial charge in [-0.1, -0.05) is 43.3 Å². The molecule has 4 nitrogen and oxygen atoms in total. The molecule has 0 saturated heterocycles. The lowest BCUT2D eigenvalue weighted by molar-refractivity contribution is -0.123. The van der Waals surface area contributed by atoms with Gasteiger partial charge >= 0.3 is 0 Å². The van der Waals surface area contributed by atoms with Crippen LogP contribution in [0.15, 0.2) is 48.5 Å². The second kappa shape index (κ2) is 9.08. The number of hydrogen-bond donors (Lipinski definition) is 2. The minimum atomic E-state index is -0.780. The minimum absolute atomic E-state index is 0.0563. The summed E-state index contributed by atoms with van der Waals surface area (Å²) in [5.41, 5.74) is 2.87. The monoisotopic (exact) mass is 327 g/mol. The van der Waals surface area contributed by atoms with Crippen molar-refractivity contribution >= 4 is 5.91 Å². The van der Waals surface area contributed by atoms with E-state index in [0.717, 1.165) is 28.9 Å². The van der Waals surface area contributed by atoms with E-state index in [1.165, 1.54) is 0 Å². The Balaban J connectivity index is 1.85. The summed E-state index contributed by atoms with van der Waals surface area (Å²) in [6.07, 6.45) is 0.249. The van der Waals surface area contributed by atoms with Crippen LogP contribution in [0.5, 0.6) is 5.75 Å². The standard InChI is InChI=1S/C20H25NO3/c1-3-11-24-18-10-9-17(15(2)12-18)14-21-20(23)13-19(22)16-7-5-4-6-8-16/h4-10,12,19,22H,3,11,13-14H2,1-2H3,(H,21,23)/t19-/m1/s1. The van der Waals surface area contributed by atoms with Gasteiger partial charge in [0.1, 0.15) is 5.75 Å². The molecule has 2 aromatic rings. The summed E-state index contributed by atoms with van der Waals surface area (Å²) in [7, 11) is 0. The lowest BCUT2D eigenvalue weighted by atomic mass is 10.1. The van der Waals surface area contributed by atoms with Crippen LogP contribution >= 0.6 is 0 Å². The summed E-state index contributed by atoms with van der Waals surface area (Å²) in [6.45, 7) is 5.22. The van der Waals surface area contributed by atoms with Crippen molar-refractivity contribution in [3.8, 4) is 5.75 Å². The van der Waals surface area contributed by atoms with Crippen molar-refractivity contribution in [3.05, 3.63) is 65.2 Å². The van der Waals surface area contributed by atoms with Gasteiger partial charge in [0.15, 0.2) is 0 Å². The molecule has 0 saturated carbocycles. The Morgan fingerprint density at radius 3 is 2.62 bits per heavy atom. The van der Waals surface area contributed by atoms with Crippen LogP contribution in [0.2, 0.25) is 0 Å². The highest BCUT2D eigenvalue weighted by molar-refractivity contribution is 5.76. The molecule has 2 rings (SSSR count). The summed E-state index contributed by atoms with van der Waals surface area (Å²) < 4.78 is 5.60. The normalized spacial score (nSPS) is 11.8. The van der Waals surface area contributed by atoms with E-state index >= 15 is 0 Å². The maximum Gasteiger partial charge on any atom is 0.223 e. The average molecular weight is 327 g/mol. The van der Waals surface area contributed by atoms with Gasteiger partial charge in [-0.25, -0.2) is 0 Å². The van der Waals surface area contributed by atoms with E-state index in [1.54, 1.807) is 0 Å². The Bertz CT molecular complexity index is 655. The zero-order chi connectivity index (χ0) is 17.4. The summed E-state index contributed by atoms with van der Waals surface area (Å²) >= 11 is 0. The molecule has 1 atom stereocenters. The van der Waals surface area contributed by atoms with Crippen molar-refractivity contribution in [2.24, 2.45) is 0 Å². The first kappa shape index (κ1) is 18.0. The molecule has 24 heavy (non-hydrogen) atoms. The molecule has 0 aliphatic carbocycles. The largest absolute Gasteiger partial charge is 0.494 e. The van der Waals surface area contributed by atoms with Crippen LogP contribution in [-0.2, 0) is 11.3 Å². The van der Waals surface area contributed by atoms with Gasteiger partial charge in [-0.3, -0.25) is 4.79 Å². The number of aryl methyl sites for hydroxylation is 1. The number of hydrogen-bond acceptors (Lipinski definition) is 3. The summed E-state index contributed by atoms with van der Waals surface area (Å²) in [5, 5.41) is 12.9. The lowest BCUT2D eigenvalue weighted by Gasteiger charge is -2.13. The number of aliphatic hydroxyl groups is 1. The van der Waals surface area contributed by atoms with Gasteiger partial charge in [-0.15, -0.1) is 0 Å². The van der Waals surface area contributed by atoms with Gasteiger partial charge in [0, 0.05) is 6.54 Å². The zero-order valence-corrected chi connectivity index (χ0v) is 14.3. The fourth-order valence-electron chi connectivity index (χ4n) is 2.41. The number of nitrogens with one attached hydrogen (secondary N) is 1. The SMILES string of the molecule is CCCOc1ccc(CNC(=O)C[C@@H](O)c2ccccc2)c(C)c1. The molecule has 0 radical (unpaired) electrons. The molecular weight excluding hydrogens is 302 g/mol. The van der Waals surface area contributed by atoms with Crippen molar-refractivity contribution in [1.82, 2.24) is 5.32 Å². The number of carbonyl (C=O) groups is 1. The number of benzene rings is 2. The van der Waals surface area contributed by atoms with Gasteiger partial charge in [0.25, 0.3) is 0 Å². The van der Waals surface area contributed by atoms with E-state index in [9.17, 15) is 9.90 Å². The van der Waals surface area contributed by atoms with E-state index in [1.807, 2.05) is 55.5 Å². The molecule has 0 unspecified atom stereocenters. The second-order valence-corrected chi connectivity index (χ2v) is 5.84. The highest BCUT2D eigenvalue weighted by Crippen LogP contribution is 2.18. The van der Waals surface area contributed by atoms with Gasteiger partial charge in [-0.05, 0) is 42.2 Å². The van der Waals surface area contributed by atoms with Gasteiger partial charge in [-0.2, -0.15) is 0 Å². The van der Waals surface area contributed by atoms with Crippen LogP contribution < -0.4 is 10.1 Å². The third kappa shape index (κ3) is 5.39. The smallest absolute Gasteiger partial charge is 0.223 e. The first-order chi connectivity index (χ1) is 11.6. The van der Waals surface area contributed by atoms with Crippen molar-refractivity contribution in [2.75, 3.05) is 6.61 Å². The molecule has 0 aromatic heterocycles. The van der Waals surface area contributed by atoms with Crippen LogP contribution in [0.25, 0.3) is 0 Å². The molecule has 0 spiro atoms. The number of carbonyl (C=O) groups excluding carboxylic acids is 1. The summed E-state index contributed by atoms with van der Waals surface area (Å²) in [5.74, 6) is 0.681. The van der Waals surface area contributed by atoms with E-state index < -0.39 is 6.10 Å². The Labute approximate surface area is 143 Å². The first-order valence-electron chi connectivity index (χ1n) is 8.32. The fraction of sp³-hybridized carbons (Fsp3) is 0.350. The third-order valence-electron chi connectivity index (χ3n) is 3.83. The molecule has 4 heteroatoms. The van der Waals surface area contributed by atoms with Crippen LogP contribution in [0.1, 0.15) is 42.6 Å². The maximum atomic E-state index is 12.0. The van der Waals surface area contributed by atoms with Crippen molar-refractivity contribution in [3.63, 3.8) is 0 Å². The Kier molecular flexibility index (Phi) is 6.82. The minimum Gasteiger partial charge on any atom is -0.494 e. The number of rotatable bonds is 8. The molecule has 0 bridgehead atoms. The van der Waals surface area contributed by atoms with Crippen molar-refractivity contribution in [1.29, 1.82) is 0 Å². The van der Waals surface area contributed by atoms with E-state index in [0.29, 0.717) is 13.2 Å². The van der Waals surface area contributed by atoms with Crippen LogP contribution in [0.4, 0.5) is 0 Å². The molecule has 2 aromatic carbocycles.